The van der Waals surface area contributed by atoms with E-state index in [0.717, 1.165) is 10.8 Å². The minimum Gasteiger partial charge on any atom is -0.497 e. The molecular formula is C27H27F2N3O3. The molecule has 35 heavy (non-hydrogen) atoms. The van der Waals surface area contributed by atoms with Crippen LogP contribution < -0.4 is 9.47 Å². The van der Waals surface area contributed by atoms with Crippen LogP contribution in [0.25, 0.3) is 10.8 Å². The molecule has 0 saturated carbocycles. The smallest absolute Gasteiger partial charge is 0.261 e. The van der Waals surface area contributed by atoms with Gasteiger partial charge in [0.1, 0.15) is 23.6 Å². The first-order valence-electron chi connectivity index (χ1n) is 11.3. The van der Waals surface area contributed by atoms with Gasteiger partial charge in [-0.05, 0) is 34.5 Å². The average molecular weight is 480 g/mol. The predicted molar refractivity (Wildman–Crippen MR) is 129 cm³/mol. The first-order chi connectivity index (χ1) is 16.8. The third-order valence-corrected chi connectivity index (χ3v) is 6.41. The molecule has 4 rings (SSSR count). The summed E-state index contributed by atoms with van der Waals surface area (Å²) in [5.41, 5.74) is 1.64. The maximum absolute atomic E-state index is 14.1. The number of hydrogen-bond donors (Lipinski definition) is 0. The van der Waals surface area contributed by atoms with Crippen LogP contribution in [0.15, 0.2) is 54.6 Å². The second kappa shape index (κ2) is 9.88. The molecule has 6 nitrogen and oxygen atoms in total. The molecule has 1 heterocycles. The van der Waals surface area contributed by atoms with Crippen LogP contribution in [0.4, 0.5) is 8.78 Å². The van der Waals surface area contributed by atoms with Crippen molar-refractivity contribution in [2.45, 2.75) is 24.9 Å². The van der Waals surface area contributed by atoms with E-state index in [2.05, 4.69) is 6.07 Å². The fraction of sp³-hybridized carbons (Fsp3) is 0.333. The quantitative estimate of drug-likeness (QED) is 0.489. The number of nitrogens with zero attached hydrogens (tertiary/aromatic N) is 3. The van der Waals surface area contributed by atoms with Crippen LogP contribution in [0, 0.1) is 11.3 Å². The van der Waals surface area contributed by atoms with E-state index in [9.17, 15) is 18.8 Å². The molecule has 1 aliphatic rings. The van der Waals surface area contributed by atoms with E-state index in [-0.39, 0.29) is 25.4 Å². The van der Waals surface area contributed by atoms with Crippen molar-refractivity contribution in [3.05, 3.63) is 71.3 Å². The zero-order valence-corrected chi connectivity index (χ0v) is 19.9. The molecule has 1 amide bonds. The van der Waals surface area contributed by atoms with Crippen molar-refractivity contribution in [2.75, 3.05) is 34.4 Å². The number of methoxy groups -OCH3 is 2. The lowest BCUT2D eigenvalue weighted by Crippen LogP contribution is -2.41. The van der Waals surface area contributed by atoms with Gasteiger partial charge in [-0.3, -0.25) is 9.69 Å². The van der Waals surface area contributed by atoms with Crippen molar-refractivity contribution in [2.24, 2.45) is 0 Å². The van der Waals surface area contributed by atoms with Gasteiger partial charge in [-0.15, -0.1) is 0 Å². The summed E-state index contributed by atoms with van der Waals surface area (Å²) in [5, 5.41) is 11.4. The molecular weight excluding hydrogens is 452 g/mol. The number of benzene rings is 3. The summed E-state index contributed by atoms with van der Waals surface area (Å²) >= 11 is 0. The Kier molecular flexibility index (Phi) is 6.90. The van der Waals surface area contributed by atoms with Crippen molar-refractivity contribution < 1.29 is 23.0 Å². The Morgan fingerprint density at radius 2 is 1.94 bits per heavy atom. The van der Waals surface area contributed by atoms with Crippen LogP contribution in [0.3, 0.4) is 0 Å². The summed E-state index contributed by atoms with van der Waals surface area (Å²) in [6.45, 7) is -0.252. The normalized spacial score (nSPS) is 16.0. The molecule has 1 unspecified atom stereocenters. The molecule has 0 aliphatic carbocycles. The van der Waals surface area contributed by atoms with E-state index in [1.54, 1.807) is 37.4 Å². The number of halogens is 2. The van der Waals surface area contributed by atoms with E-state index in [0.29, 0.717) is 28.2 Å². The lowest BCUT2D eigenvalue weighted by molar-refractivity contribution is -0.136. The summed E-state index contributed by atoms with van der Waals surface area (Å²) in [7, 11) is 4.64. The monoisotopic (exact) mass is 479 g/mol. The van der Waals surface area contributed by atoms with E-state index >= 15 is 0 Å². The summed E-state index contributed by atoms with van der Waals surface area (Å²) < 4.78 is 39.2. The Morgan fingerprint density at radius 3 is 2.60 bits per heavy atom. The fourth-order valence-corrected chi connectivity index (χ4v) is 4.70. The largest absolute Gasteiger partial charge is 0.497 e. The molecule has 0 N–H and O–H groups in total. The number of carbonyl (C=O) groups is 1. The SMILES string of the molecule is COc1cccc(C(C(=O)N(C)Cc2c(OC)c(C#N)cc3ccccc23)N2CCC(F)(F)C2)c1. The third-order valence-electron chi connectivity index (χ3n) is 6.41. The molecule has 1 atom stereocenters. The molecule has 0 spiro atoms. The molecule has 3 aromatic rings. The van der Waals surface area contributed by atoms with Gasteiger partial charge >= 0.3 is 0 Å². The van der Waals surface area contributed by atoms with Gasteiger partial charge in [0.15, 0.2) is 0 Å². The molecule has 3 aromatic carbocycles. The van der Waals surface area contributed by atoms with Gasteiger partial charge in [0.25, 0.3) is 5.92 Å². The highest BCUT2D eigenvalue weighted by molar-refractivity contribution is 5.91. The van der Waals surface area contributed by atoms with Crippen LogP contribution in [0.1, 0.15) is 29.2 Å². The number of fused-ring (bicyclic) bond motifs is 1. The Morgan fingerprint density at radius 1 is 1.17 bits per heavy atom. The summed E-state index contributed by atoms with van der Waals surface area (Å²) in [6.07, 6.45) is -0.298. The number of likely N-dealkylation sites (N-methyl/N-ethyl adjacent to an activating group) is 1. The van der Waals surface area contributed by atoms with E-state index < -0.39 is 18.5 Å². The Balaban J connectivity index is 1.73. The first kappa shape index (κ1) is 24.4. The van der Waals surface area contributed by atoms with E-state index in [4.69, 9.17) is 9.47 Å². The first-order valence-corrected chi connectivity index (χ1v) is 11.3. The second-order valence-corrected chi connectivity index (χ2v) is 8.72. The molecule has 1 saturated heterocycles. The summed E-state index contributed by atoms with van der Waals surface area (Å²) in [5.74, 6) is -2.24. The minimum absolute atomic E-state index is 0.102. The number of rotatable bonds is 7. The number of likely N-dealkylation sites (tertiary alicyclic amines) is 1. The molecule has 182 valence electrons. The Hall–Kier alpha value is -3.70. The number of ether oxygens (including phenoxy) is 2. The van der Waals surface area contributed by atoms with Crippen LogP contribution in [-0.4, -0.2) is 56.0 Å². The molecule has 0 aromatic heterocycles. The van der Waals surface area contributed by atoms with Crippen LogP contribution in [0.2, 0.25) is 0 Å². The number of nitriles is 1. The van der Waals surface area contributed by atoms with Crippen molar-refractivity contribution in [3.8, 4) is 17.6 Å². The zero-order chi connectivity index (χ0) is 25.2. The van der Waals surface area contributed by atoms with Crippen LogP contribution >= 0.6 is 0 Å². The van der Waals surface area contributed by atoms with Gasteiger partial charge in [-0.25, -0.2) is 8.78 Å². The van der Waals surface area contributed by atoms with E-state index in [1.165, 1.54) is 24.0 Å². The number of alkyl halides is 2. The molecule has 0 bridgehead atoms. The zero-order valence-electron chi connectivity index (χ0n) is 19.9. The topological polar surface area (TPSA) is 65.8 Å². The van der Waals surface area contributed by atoms with Gasteiger partial charge in [0.2, 0.25) is 5.91 Å². The van der Waals surface area contributed by atoms with Gasteiger partial charge in [-0.1, -0.05) is 36.4 Å². The van der Waals surface area contributed by atoms with E-state index in [1.807, 2.05) is 24.3 Å². The van der Waals surface area contributed by atoms with Gasteiger partial charge in [-0.2, -0.15) is 5.26 Å². The lowest BCUT2D eigenvalue weighted by Gasteiger charge is -2.31. The molecule has 0 radical (unpaired) electrons. The van der Waals surface area contributed by atoms with Crippen molar-refractivity contribution in [3.63, 3.8) is 0 Å². The fourth-order valence-electron chi connectivity index (χ4n) is 4.70. The maximum Gasteiger partial charge on any atom is 0.261 e. The van der Waals surface area contributed by atoms with Gasteiger partial charge in [0.05, 0.1) is 26.3 Å². The van der Waals surface area contributed by atoms with Gasteiger partial charge in [0, 0.05) is 32.1 Å². The van der Waals surface area contributed by atoms with Crippen LogP contribution in [0.5, 0.6) is 11.5 Å². The molecule has 1 fully saturated rings. The Labute approximate surface area is 203 Å². The summed E-state index contributed by atoms with van der Waals surface area (Å²) in [6, 6.07) is 17.5. The summed E-state index contributed by atoms with van der Waals surface area (Å²) in [4.78, 5) is 16.9. The van der Waals surface area contributed by atoms with Crippen molar-refractivity contribution in [1.82, 2.24) is 9.80 Å². The maximum atomic E-state index is 14.1. The molecule has 8 heteroatoms. The number of carbonyl (C=O) groups excluding carboxylic acids is 1. The Bertz CT molecular complexity index is 1290. The van der Waals surface area contributed by atoms with Gasteiger partial charge < -0.3 is 14.4 Å². The average Bonchev–Trinajstić information content (AvgIpc) is 3.22. The standard InChI is InChI=1S/C27H27F2N3O3/c1-31(16-23-22-10-5-4-7-18(22)13-20(15-30)25(23)35-3)26(33)24(32-12-11-27(28,29)17-32)19-8-6-9-21(14-19)34-2/h4-10,13-14,24H,11-12,16-17H2,1-3H3. The van der Waals surface area contributed by atoms with Crippen molar-refractivity contribution >= 4 is 16.7 Å². The highest BCUT2D eigenvalue weighted by Gasteiger charge is 2.44. The predicted octanol–water partition coefficient (Wildman–Crippen LogP) is 4.77. The van der Waals surface area contributed by atoms with Crippen LogP contribution in [-0.2, 0) is 11.3 Å². The number of hydrogen-bond acceptors (Lipinski definition) is 5. The highest BCUT2D eigenvalue weighted by Crippen LogP contribution is 2.37. The highest BCUT2D eigenvalue weighted by atomic mass is 19.3. The minimum atomic E-state index is -2.85. The lowest BCUT2D eigenvalue weighted by atomic mass is 9.98. The number of amides is 1. The van der Waals surface area contributed by atoms with Crippen molar-refractivity contribution in [1.29, 1.82) is 5.26 Å². The third kappa shape index (κ3) is 4.91. The molecule has 1 aliphatic heterocycles. The second-order valence-electron chi connectivity index (χ2n) is 8.72.